The van der Waals surface area contributed by atoms with E-state index in [2.05, 4.69) is 16.0 Å². The highest BCUT2D eigenvalue weighted by Crippen LogP contribution is 2.47. The van der Waals surface area contributed by atoms with Gasteiger partial charge in [0.1, 0.15) is 17.8 Å². The second-order valence-electron chi connectivity index (χ2n) is 10.6. The largest absolute Gasteiger partial charge is 0.497 e. The molecule has 2 heterocycles. The molecule has 3 aromatic rings. The van der Waals surface area contributed by atoms with Crippen LogP contribution in [0.1, 0.15) is 34.6 Å². The number of benzene rings is 3. The molecule has 5 amide bonds. The van der Waals surface area contributed by atoms with Crippen LogP contribution in [0.3, 0.4) is 0 Å². The molecule has 1 spiro atoms. The molecule has 1 fully saturated rings. The lowest BCUT2D eigenvalue weighted by atomic mass is 9.96. The second kappa shape index (κ2) is 11.1. The van der Waals surface area contributed by atoms with Crippen molar-refractivity contribution in [1.29, 1.82) is 0 Å². The SMILES string of the molecule is COc1ccc([C@H]2Sc3ccccc3N(CC(=O)Nc3ccc4c(c3)CC3(C4)NC(=O)NC3=O)C(=O)[C@@H]2OC(C)=O)cc1.[HH].[HH].[HH].[HH]. The Bertz CT molecular complexity index is 1680. The van der Waals surface area contributed by atoms with Gasteiger partial charge in [-0.1, -0.05) is 30.3 Å². The van der Waals surface area contributed by atoms with Gasteiger partial charge in [-0.2, -0.15) is 0 Å². The Labute approximate surface area is 257 Å². The van der Waals surface area contributed by atoms with Gasteiger partial charge in [-0.3, -0.25) is 29.4 Å². The summed E-state index contributed by atoms with van der Waals surface area (Å²) in [6, 6.07) is 19.2. The first-order chi connectivity index (χ1) is 20.7. The van der Waals surface area contributed by atoms with Gasteiger partial charge >= 0.3 is 12.0 Å². The predicted molar refractivity (Wildman–Crippen MR) is 166 cm³/mol. The highest BCUT2D eigenvalue weighted by Gasteiger charge is 2.50. The number of carbonyl (C=O) groups is 5. The Kier molecular flexibility index (Phi) is 7.30. The molecular formula is C31H36N4O7S. The molecule has 12 heteroatoms. The number of anilines is 2. The number of nitrogens with zero attached hydrogens (tertiary/aromatic N) is 1. The summed E-state index contributed by atoms with van der Waals surface area (Å²) in [6.45, 7) is 0.916. The minimum Gasteiger partial charge on any atom is -0.497 e. The molecule has 6 rings (SSSR count). The molecule has 1 aliphatic carbocycles. The molecule has 43 heavy (non-hydrogen) atoms. The van der Waals surface area contributed by atoms with Crippen LogP contribution in [0.4, 0.5) is 16.2 Å². The molecule has 0 radical (unpaired) electrons. The molecule has 2 aliphatic heterocycles. The van der Waals surface area contributed by atoms with Crippen LogP contribution in [-0.4, -0.2) is 55.0 Å². The molecule has 11 nitrogen and oxygen atoms in total. The zero-order valence-corrected chi connectivity index (χ0v) is 24.2. The number of thioether (sulfide) groups is 1. The van der Waals surface area contributed by atoms with E-state index < -0.39 is 40.7 Å². The molecular weight excluding hydrogens is 572 g/mol. The number of nitrogens with one attached hydrogen (secondary N) is 3. The lowest BCUT2D eigenvalue weighted by molar-refractivity contribution is -0.152. The van der Waals surface area contributed by atoms with Crippen molar-refractivity contribution in [2.75, 3.05) is 23.9 Å². The number of methoxy groups -OCH3 is 1. The maximum absolute atomic E-state index is 14.1. The number of amides is 5. The van der Waals surface area contributed by atoms with Gasteiger partial charge in [0, 0.05) is 36.1 Å². The number of imide groups is 1. The van der Waals surface area contributed by atoms with Crippen LogP contribution in [0.15, 0.2) is 71.6 Å². The fraction of sp³-hybridized carbons (Fsp3) is 0.258. The summed E-state index contributed by atoms with van der Waals surface area (Å²) in [4.78, 5) is 65.9. The number of fused-ring (bicyclic) bond motifs is 2. The molecule has 3 N–H and O–H groups in total. The quantitative estimate of drug-likeness (QED) is 0.280. The van der Waals surface area contributed by atoms with E-state index >= 15 is 0 Å². The monoisotopic (exact) mass is 608 g/mol. The summed E-state index contributed by atoms with van der Waals surface area (Å²) in [7, 11) is 1.56. The molecule has 0 saturated carbocycles. The molecule has 0 bridgehead atoms. The highest BCUT2D eigenvalue weighted by molar-refractivity contribution is 7.99. The average Bonchev–Trinajstić information content (AvgIpc) is 3.45. The van der Waals surface area contributed by atoms with Gasteiger partial charge in [0.2, 0.25) is 5.91 Å². The van der Waals surface area contributed by atoms with E-state index in [1.54, 1.807) is 43.5 Å². The first kappa shape index (κ1) is 28.3. The van der Waals surface area contributed by atoms with Crippen molar-refractivity contribution in [3.8, 4) is 5.75 Å². The fourth-order valence-electron chi connectivity index (χ4n) is 5.75. The van der Waals surface area contributed by atoms with Crippen molar-refractivity contribution in [2.24, 2.45) is 0 Å². The van der Waals surface area contributed by atoms with Gasteiger partial charge in [-0.05, 0) is 53.1 Å². The summed E-state index contributed by atoms with van der Waals surface area (Å²) >= 11 is 1.38. The minimum absolute atomic E-state index is 0. The van der Waals surface area contributed by atoms with Crippen LogP contribution >= 0.6 is 11.8 Å². The number of urea groups is 1. The van der Waals surface area contributed by atoms with Gasteiger partial charge in [0.25, 0.3) is 11.8 Å². The van der Waals surface area contributed by atoms with E-state index in [0.717, 1.165) is 21.6 Å². The van der Waals surface area contributed by atoms with Crippen molar-refractivity contribution in [2.45, 2.75) is 41.6 Å². The van der Waals surface area contributed by atoms with Crippen molar-refractivity contribution < 1.29 is 39.2 Å². The summed E-state index contributed by atoms with van der Waals surface area (Å²) in [6.07, 6.45) is -0.534. The Hall–Kier alpha value is -4.84. The van der Waals surface area contributed by atoms with Gasteiger partial charge in [-0.25, -0.2) is 4.79 Å². The molecule has 3 atom stereocenters. The second-order valence-corrected chi connectivity index (χ2v) is 11.8. The Morgan fingerprint density at radius 3 is 2.49 bits per heavy atom. The molecule has 1 unspecified atom stereocenters. The summed E-state index contributed by atoms with van der Waals surface area (Å²) in [5.41, 5.74) is 2.49. The number of para-hydroxylation sites is 1. The lowest BCUT2D eigenvalue weighted by Crippen LogP contribution is -2.47. The Morgan fingerprint density at radius 1 is 1.05 bits per heavy atom. The van der Waals surface area contributed by atoms with E-state index in [4.69, 9.17) is 9.47 Å². The van der Waals surface area contributed by atoms with E-state index in [-0.39, 0.29) is 18.2 Å². The zero-order chi connectivity index (χ0) is 30.3. The van der Waals surface area contributed by atoms with Crippen molar-refractivity contribution in [1.82, 2.24) is 10.6 Å². The molecule has 0 aromatic heterocycles. The third-order valence-corrected chi connectivity index (χ3v) is 9.09. The molecule has 228 valence electrons. The lowest BCUT2D eigenvalue weighted by Gasteiger charge is -2.27. The standard InChI is InChI=1S/C31H28N4O7S.4H2/c1-17(36)42-26-27(18-8-11-22(41-2)12-9-18)43-24-6-4-3-5-23(24)35(28(26)38)16-25(37)32-21-10-7-19-14-31(15-20(19)13-21)29(39)33-30(40)34-31;;;;/h3-13,26-27H,14-16H2,1-2H3,(H,32,37)(H2,33,34,39,40);4*1H/t26-,27-,31?;;;;/m1..../s1. The van der Waals surface area contributed by atoms with Crippen molar-refractivity contribution in [3.05, 3.63) is 83.4 Å². The summed E-state index contributed by atoms with van der Waals surface area (Å²) in [5.74, 6) is -1.32. The Balaban J connectivity index is 0.00000192. The fourth-order valence-corrected chi connectivity index (χ4v) is 7.06. The topological polar surface area (TPSA) is 143 Å². The number of carbonyl (C=O) groups excluding carboxylic acids is 5. The molecule has 3 aromatic carbocycles. The first-order valence-electron chi connectivity index (χ1n) is 13.6. The van der Waals surface area contributed by atoms with Crippen molar-refractivity contribution in [3.63, 3.8) is 0 Å². The van der Waals surface area contributed by atoms with Crippen LogP contribution in [0.2, 0.25) is 0 Å². The molecule has 3 aliphatic rings. The average molecular weight is 609 g/mol. The normalized spacial score (nSPS) is 22.3. The number of hydrogen-bond acceptors (Lipinski definition) is 8. The number of esters is 1. The third-order valence-electron chi connectivity index (χ3n) is 7.72. The van der Waals surface area contributed by atoms with Crippen LogP contribution in [-0.2, 0) is 36.8 Å². The van der Waals surface area contributed by atoms with E-state index in [9.17, 15) is 24.0 Å². The first-order valence-corrected chi connectivity index (χ1v) is 14.5. The van der Waals surface area contributed by atoms with Gasteiger partial charge in [0.15, 0.2) is 6.10 Å². The van der Waals surface area contributed by atoms with Crippen LogP contribution in [0.5, 0.6) is 5.75 Å². The van der Waals surface area contributed by atoms with Crippen LogP contribution in [0, 0.1) is 0 Å². The van der Waals surface area contributed by atoms with E-state index in [1.807, 2.05) is 30.3 Å². The van der Waals surface area contributed by atoms with Gasteiger partial charge in [-0.15, -0.1) is 11.8 Å². The third kappa shape index (κ3) is 5.41. The maximum atomic E-state index is 14.1. The summed E-state index contributed by atoms with van der Waals surface area (Å²) in [5, 5.41) is 7.29. The predicted octanol–water partition coefficient (Wildman–Crippen LogP) is 4.11. The number of rotatable bonds is 6. The van der Waals surface area contributed by atoms with Gasteiger partial charge < -0.3 is 20.1 Å². The smallest absolute Gasteiger partial charge is 0.322 e. The van der Waals surface area contributed by atoms with E-state index in [0.29, 0.717) is 30.0 Å². The van der Waals surface area contributed by atoms with E-state index in [1.165, 1.54) is 23.6 Å². The summed E-state index contributed by atoms with van der Waals surface area (Å²) < 4.78 is 10.9. The maximum Gasteiger partial charge on any atom is 0.322 e. The van der Waals surface area contributed by atoms with Crippen LogP contribution < -0.4 is 25.6 Å². The van der Waals surface area contributed by atoms with Gasteiger partial charge in [0.05, 0.1) is 18.0 Å². The number of ether oxygens (including phenoxy) is 2. The van der Waals surface area contributed by atoms with Crippen LogP contribution in [0.25, 0.3) is 0 Å². The minimum atomic E-state index is -1.19. The zero-order valence-electron chi connectivity index (χ0n) is 23.3. The Morgan fingerprint density at radius 2 is 1.79 bits per heavy atom. The number of hydrogen-bond donors (Lipinski definition) is 3. The molecule has 1 saturated heterocycles. The van der Waals surface area contributed by atoms with Crippen molar-refractivity contribution >= 4 is 52.9 Å². The highest BCUT2D eigenvalue weighted by atomic mass is 32.2.